The number of nitrogens with one attached hydrogen (secondary N) is 2. The summed E-state index contributed by atoms with van der Waals surface area (Å²) in [4.78, 5) is 22.9. The zero-order valence-electron chi connectivity index (χ0n) is 11.0. The minimum atomic E-state index is -0.410. The van der Waals surface area contributed by atoms with Crippen LogP contribution in [0.1, 0.15) is 23.0 Å². The Balaban J connectivity index is 2.13. The molecule has 2 aromatic rings. The maximum absolute atomic E-state index is 12.0. The van der Waals surface area contributed by atoms with Crippen LogP contribution >= 0.6 is 11.6 Å². The molecule has 0 saturated carbocycles. The third-order valence-electron chi connectivity index (χ3n) is 2.58. The van der Waals surface area contributed by atoms with Gasteiger partial charge in [-0.25, -0.2) is 0 Å². The predicted molar refractivity (Wildman–Crippen MR) is 77.2 cm³/mol. The summed E-state index contributed by atoms with van der Waals surface area (Å²) < 4.78 is 5.22. The number of aryl methyl sites for hydroxylation is 1. The minimum absolute atomic E-state index is 0.105. The maximum atomic E-state index is 12.0. The van der Waals surface area contributed by atoms with E-state index >= 15 is 0 Å². The summed E-state index contributed by atoms with van der Waals surface area (Å²) in [6, 6.07) is 8.21. The van der Waals surface area contributed by atoms with Crippen LogP contribution in [0.3, 0.4) is 0 Å². The highest BCUT2D eigenvalue weighted by molar-refractivity contribution is 6.31. The van der Waals surface area contributed by atoms with Crippen LogP contribution in [0.15, 0.2) is 34.7 Å². The van der Waals surface area contributed by atoms with E-state index in [1.54, 1.807) is 12.1 Å². The lowest BCUT2D eigenvalue weighted by Crippen LogP contribution is -2.12. The van der Waals surface area contributed by atoms with Crippen LogP contribution in [0, 0.1) is 6.92 Å². The summed E-state index contributed by atoms with van der Waals surface area (Å²) in [7, 11) is 0. The highest BCUT2D eigenvalue weighted by atomic mass is 35.5. The van der Waals surface area contributed by atoms with Gasteiger partial charge < -0.3 is 9.73 Å². The first-order chi connectivity index (χ1) is 9.45. The molecule has 1 aromatic carbocycles. The molecule has 2 rings (SSSR count). The summed E-state index contributed by atoms with van der Waals surface area (Å²) in [6.07, 6.45) is 0. The molecule has 0 saturated heterocycles. The first-order valence-electron chi connectivity index (χ1n) is 5.90. The van der Waals surface area contributed by atoms with Gasteiger partial charge in [0.25, 0.3) is 5.91 Å². The molecule has 0 aliphatic carbocycles. The highest BCUT2D eigenvalue weighted by Gasteiger charge is 2.13. The van der Waals surface area contributed by atoms with Crippen LogP contribution in [0.5, 0.6) is 0 Å². The van der Waals surface area contributed by atoms with Gasteiger partial charge in [-0.3, -0.25) is 14.9 Å². The Morgan fingerprint density at radius 3 is 2.60 bits per heavy atom. The van der Waals surface area contributed by atoms with E-state index in [9.17, 15) is 9.59 Å². The summed E-state index contributed by atoms with van der Waals surface area (Å²) in [6.45, 7) is 3.22. The van der Waals surface area contributed by atoms with Crippen LogP contribution in [-0.2, 0) is 4.79 Å². The van der Waals surface area contributed by atoms with E-state index in [1.807, 2.05) is 13.0 Å². The van der Waals surface area contributed by atoms with Gasteiger partial charge in [0.2, 0.25) is 5.91 Å². The molecule has 0 aliphatic heterocycles. The van der Waals surface area contributed by atoms with Crippen molar-refractivity contribution in [1.29, 1.82) is 0 Å². The Morgan fingerprint density at radius 2 is 1.90 bits per heavy atom. The normalized spacial score (nSPS) is 10.2. The van der Waals surface area contributed by atoms with Gasteiger partial charge in [-0.15, -0.1) is 0 Å². The third kappa shape index (κ3) is 3.39. The molecule has 1 aromatic heterocycles. The van der Waals surface area contributed by atoms with Crippen LogP contribution in [0.2, 0.25) is 5.02 Å². The monoisotopic (exact) mass is 292 g/mol. The van der Waals surface area contributed by atoms with Gasteiger partial charge in [0, 0.05) is 23.7 Å². The van der Waals surface area contributed by atoms with Crippen molar-refractivity contribution in [3.63, 3.8) is 0 Å². The number of amides is 2. The van der Waals surface area contributed by atoms with Gasteiger partial charge >= 0.3 is 0 Å². The molecule has 6 heteroatoms. The number of carbonyl (C=O) groups is 2. The Kier molecular flexibility index (Phi) is 4.10. The zero-order valence-corrected chi connectivity index (χ0v) is 11.7. The first-order valence-corrected chi connectivity index (χ1v) is 6.28. The van der Waals surface area contributed by atoms with Crippen molar-refractivity contribution in [3.8, 4) is 0 Å². The summed E-state index contributed by atoms with van der Waals surface area (Å²) in [5.41, 5.74) is 1.50. The molecule has 1 heterocycles. The van der Waals surface area contributed by atoms with E-state index < -0.39 is 5.91 Å². The van der Waals surface area contributed by atoms with E-state index in [2.05, 4.69) is 10.6 Å². The average Bonchev–Trinajstić information content (AvgIpc) is 2.81. The maximum Gasteiger partial charge on any atom is 0.291 e. The number of carbonyl (C=O) groups excluding carboxylic acids is 2. The predicted octanol–water partition coefficient (Wildman–Crippen LogP) is 3.45. The SMILES string of the molecule is CC(=O)Nc1ccc(C(=O)Nc2cc(Cl)ccc2C)o1. The molecule has 0 unspecified atom stereocenters. The van der Waals surface area contributed by atoms with Crippen LogP contribution < -0.4 is 10.6 Å². The topological polar surface area (TPSA) is 71.3 Å². The van der Waals surface area contributed by atoms with Gasteiger partial charge in [0.1, 0.15) is 0 Å². The van der Waals surface area contributed by atoms with Gasteiger partial charge in [0.15, 0.2) is 11.6 Å². The Morgan fingerprint density at radius 1 is 1.15 bits per heavy atom. The molecular formula is C14H13ClN2O3. The van der Waals surface area contributed by atoms with Gasteiger partial charge in [-0.05, 0) is 30.7 Å². The second-order valence-electron chi connectivity index (χ2n) is 4.26. The smallest absolute Gasteiger partial charge is 0.291 e. The standard InChI is InChI=1S/C14H13ClN2O3/c1-8-3-4-10(15)7-11(8)17-14(19)12-5-6-13(20-12)16-9(2)18/h3-7H,1-2H3,(H,16,18)(H,17,19). The second-order valence-corrected chi connectivity index (χ2v) is 4.69. The molecule has 104 valence electrons. The molecule has 0 atom stereocenters. The minimum Gasteiger partial charge on any atom is -0.435 e. The molecule has 20 heavy (non-hydrogen) atoms. The molecular weight excluding hydrogens is 280 g/mol. The summed E-state index contributed by atoms with van der Waals surface area (Å²) >= 11 is 5.89. The zero-order chi connectivity index (χ0) is 14.7. The lowest BCUT2D eigenvalue weighted by Gasteiger charge is -2.07. The fraction of sp³-hybridized carbons (Fsp3) is 0.143. The van der Waals surface area contributed by atoms with Gasteiger partial charge in [-0.1, -0.05) is 17.7 Å². The second kappa shape index (κ2) is 5.79. The lowest BCUT2D eigenvalue weighted by molar-refractivity contribution is -0.114. The first kappa shape index (κ1) is 14.1. The van der Waals surface area contributed by atoms with E-state index in [0.717, 1.165) is 5.56 Å². The van der Waals surface area contributed by atoms with Crippen molar-refractivity contribution in [2.24, 2.45) is 0 Å². The fourth-order valence-electron chi connectivity index (χ4n) is 1.61. The van der Waals surface area contributed by atoms with Crippen molar-refractivity contribution in [1.82, 2.24) is 0 Å². The Labute approximate surface area is 120 Å². The number of hydrogen-bond donors (Lipinski definition) is 2. The Hall–Kier alpha value is -2.27. The molecule has 2 amide bonds. The summed E-state index contributed by atoms with van der Waals surface area (Å²) in [5, 5.41) is 5.69. The molecule has 0 fully saturated rings. The van der Waals surface area contributed by atoms with E-state index in [-0.39, 0.29) is 17.6 Å². The van der Waals surface area contributed by atoms with E-state index in [1.165, 1.54) is 19.1 Å². The van der Waals surface area contributed by atoms with Crippen molar-refractivity contribution >= 4 is 35.0 Å². The number of hydrogen-bond acceptors (Lipinski definition) is 3. The van der Waals surface area contributed by atoms with Gasteiger partial charge in [0.05, 0.1) is 0 Å². The number of benzene rings is 1. The van der Waals surface area contributed by atoms with Crippen LogP contribution in [0.25, 0.3) is 0 Å². The molecule has 0 spiro atoms. The summed E-state index contributed by atoms with van der Waals surface area (Å²) in [5.74, 6) is -0.345. The van der Waals surface area contributed by atoms with Crippen molar-refractivity contribution in [2.45, 2.75) is 13.8 Å². The largest absolute Gasteiger partial charge is 0.435 e. The van der Waals surface area contributed by atoms with Crippen LogP contribution in [-0.4, -0.2) is 11.8 Å². The lowest BCUT2D eigenvalue weighted by atomic mass is 10.2. The Bertz CT molecular complexity index is 664. The average molecular weight is 293 g/mol. The third-order valence-corrected chi connectivity index (χ3v) is 2.81. The highest BCUT2D eigenvalue weighted by Crippen LogP contribution is 2.21. The van der Waals surface area contributed by atoms with Crippen molar-refractivity contribution < 1.29 is 14.0 Å². The van der Waals surface area contributed by atoms with Crippen LogP contribution in [0.4, 0.5) is 11.6 Å². The fourth-order valence-corrected chi connectivity index (χ4v) is 1.79. The number of anilines is 2. The molecule has 5 nitrogen and oxygen atoms in total. The molecule has 2 N–H and O–H groups in total. The number of halogens is 1. The molecule has 0 aliphatic rings. The number of rotatable bonds is 3. The number of furan rings is 1. The molecule has 0 bridgehead atoms. The van der Waals surface area contributed by atoms with Crippen molar-refractivity contribution in [3.05, 3.63) is 46.7 Å². The van der Waals surface area contributed by atoms with E-state index in [4.69, 9.17) is 16.0 Å². The van der Waals surface area contributed by atoms with E-state index in [0.29, 0.717) is 10.7 Å². The van der Waals surface area contributed by atoms with Gasteiger partial charge in [-0.2, -0.15) is 0 Å². The molecule has 0 radical (unpaired) electrons. The van der Waals surface area contributed by atoms with Crippen molar-refractivity contribution in [2.75, 3.05) is 10.6 Å². The quantitative estimate of drug-likeness (QED) is 0.910.